The van der Waals surface area contributed by atoms with Crippen molar-refractivity contribution < 1.29 is 4.79 Å². The molecule has 2 atom stereocenters. The van der Waals surface area contributed by atoms with E-state index in [0.717, 1.165) is 12.3 Å². The van der Waals surface area contributed by atoms with Gasteiger partial charge in [0, 0.05) is 12.1 Å². The van der Waals surface area contributed by atoms with E-state index in [4.69, 9.17) is 5.73 Å². The Morgan fingerprint density at radius 1 is 1.40 bits per heavy atom. The molecule has 0 aliphatic heterocycles. The van der Waals surface area contributed by atoms with Gasteiger partial charge in [-0.3, -0.25) is 4.79 Å². The van der Waals surface area contributed by atoms with Gasteiger partial charge < -0.3 is 16.0 Å². The Bertz CT molecular complexity index is 313. The monoisotopic (exact) mass is 283 g/mol. The average molecular weight is 283 g/mol. The average Bonchev–Trinajstić information content (AvgIpc) is 2.46. The molecule has 3 N–H and O–H groups in total. The lowest BCUT2D eigenvalue weighted by Gasteiger charge is -2.40. The first kappa shape index (κ1) is 17.4. The summed E-state index contributed by atoms with van der Waals surface area (Å²) in [5, 5.41) is 3.08. The number of amides is 1. The zero-order chi connectivity index (χ0) is 15.3. The van der Waals surface area contributed by atoms with Crippen molar-refractivity contribution in [3.05, 3.63) is 0 Å². The highest BCUT2D eigenvalue weighted by atomic mass is 16.1. The van der Waals surface area contributed by atoms with Gasteiger partial charge in [0.15, 0.2) is 0 Å². The van der Waals surface area contributed by atoms with Crippen molar-refractivity contribution in [2.24, 2.45) is 11.7 Å². The molecule has 20 heavy (non-hydrogen) atoms. The Labute approximate surface area is 124 Å². The predicted octanol–water partition coefficient (Wildman–Crippen LogP) is 2.13. The number of primary amides is 1. The third kappa shape index (κ3) is 4.19. The molecule has 1 fully saturated rings. The summed E-state index contributed by atoms with van der Waals surface area (Å²) in [5.41, 5.74) is 4.91. The lowest BCUT2D eigenvalue weighted by atomic mass is 9.83. The summed E-state index contributed by atoms with van der Waals surface area (Å²) in [4.78, 5) is 14.1. The van der Waals surface area contributed by atoms with Crippen LogP contribution >= 0.6 is 0 Å². The van der Waals surface area contributed by atoms with Gasteiger partial charge in [-0.1, -0.05) is 13.3 Å². The summed E-state index contributed by atoms with van der Waals surface area (Å²) in [6.07, 6.45) is 7.32. The molecule has 0 bridgehead atoms. The highest BCUT2D eigenvalue weighted by Crippen LogP contribution is 2.30. The maximum atomic E-state index is 11.6. The summed E-state index contributed by atoms with van der Waals surface area (Å²) < 4.78 is 0. The van der Waals surface area contributed by atoms with E-state index in [-0.39, 0.29) is 5.91 Å². The molecule has 4 nitrogen and oxygen atoms in total. The Morgan fingerprint density at radius 2 is 1.95 bits per heavy atom. The minimum absolute atomic E-state index is 0.269. The van der Waals surface area contributed by atoms with Crippen molar-refractivity contribution in [3.8, 4) is 0 Å². The molecule has 1 amide bonds. The molecule has 0 aromatic rings. The van der Waals surface area contributed by atoms with E-state index in [1.165, 1.54) is 32.1 Å². The van der Waals surface area contributed by atoms with Gasteiger partial charge in [-0.25, -0.2) is 0 Å². The van der Waals surface area contributed by atoms with Crippen LogP contribution < -0.4 is 11.1 Å². The van der Waals surface area contributed by atoms with E-state index in [0.29, 0.717) is 12.1 Å². The molecule has 1 aliphatic rings. The smallest absolute Gasteiger partial charge is 0.237 e. The van der Waals surface area contributed by atoms with Crippen molar-refractivity contribution >= 4 is 5.91 Å². The second-order valence-electron chi connectivity index (χ2n) is 6.75. The van der Waals surface area contributed by atoms with Crippen molar-refractivity contribution in [2.75, 3.05) is 14.1 Å². The van der Waals surface area contributed by atoms with Crippen molar-refractivity contribution in [2.45, 2.75) is 76.9 Å². The van der Waals surface area contributed by atoms with Gasteiger partial charge in [0.2, 0.25) is 5.91 Å². The van der Waals surface area contributed by atoms with Gasteiger partial charge in [0.1, 0.15) is 0 Å². The fourth-order valence-corrected chi connectivity index (χ4v) is 3.38. The predicted molar refractivity (Wildman–Crippen MR) is 84.5 cm³/mol. The van der Waals surface area contributed by atoms with Crippen LogP contribution in [-0.2, 0) is 4.79 Å². The zero-order valence-corrected chi connectivity index (χ0v) is 13.9. The van der Waals surface area contributed by atoms with Crippen molar-refractivity contribution in [1.29, 1.82) is 0 Å². The van der Waals surface area contributed by atoms with Crippen molar-refractivity contribution in [1.82, 2.24) is 10.2 Å². The lowest BCUT2D eigenvalue weighted by Crippen LogP contribution is -2.55. The molecular formula is C16H33N3O. The number of hydrogen-bond donors (Lipinski definition) is 2. The highest BCUT2D eigenvalue weighted by Gasteiger charge is 2.34. The quantitative estimate of drug-likeness (QED) is 0.752. The SMILES string of the molecule is CCC1CCC(N(C)C(C)CC(C)(NC)C(N)=O)CC1. The molecule has 0 heterocycles. The molecule has 0 radical (unpaired) electrons. The zero-order valence-electron chi connectivity index (χ0n) is 13.9. The van der Waals surface area contributed by atoms with E-state index in [9.17, 15) is 4.79 Å². The molecule has 1 saturated carbocycles. The molecule has 0 aromatic heterocycles. The van der Waals surface area contributed by atoms with Crippen LogP contribution in [0.5, 0.6) is 0 Å². The third-order valence-electron chi connectivity index (χ3n) is 5.46. The van der Waals surface area contributed by atoms with Crippen LogP contribution in [0.15, 0.2) is 0 Å². The largest absolute Gasteiger partial charge is 0.368 e. The molecule has 1 rings (SSSR count). The van der Waals surface area contributed by atoms with E-state index in [1.807, 2.05) is 14.0 Å². The van der Waals surface area contributed by atoms with Crippen LogP contribution in [0.1, 0.15) is 59.3 Å². The van der Waals surface area contributed by atoms with Crippen LogP contribution in [0.3, 0.4) is 0 Å². The number of carbonyl (C=O) groups is 1. The first-order chi connectivity index (χ1) is 9.34. The maximum Gasteiger partial charge on any atom is 0.237 e. The Balaban J connectivity index is 2.55. The second-order valence-corrected chi connectivity index (χ2v) is 6.75. The normalized spacial score (nSPS) is 28.1. The summed E-state index contributed by atoms with van der Waals surface area (Å²) in [7, 11) is 4.00. The number of nitrogens with one attached hydrogen (secondary N) is 1. The fourth-order valence-electron chi connectivity index (χ4n) is 3.38. The van der Waals surface area contributed by atoms with Gasteiger partial charge >= 0.3 is 0 Å². The first-order valence-electron chi connectivity index (χ1n) is 8.04. The molecule has 0 saturated heterocycles. The molecule has 118 valence electrons. The fraction of sp³-hybridized carbons (Fsp3) is 0.938. The number of hydrogen-bond acceptors (Lipinski definition) is 3. The minimum Gasteiger partial charge on any atom is -0.368 e. The van der Waals surface area contributed by atoms with Crippen LogP contribution in [0.2, 0.25) is 0 Å². The maximum absolute atomic E-state index is 11.6. The van der Waals surface area contributed by atoms with Gasteiger partial charge in [-0.05, 0) is 66.0 Å². The molecule has 2 unspecified atom stereocenters. The molecular weight excluding hydrogens is 250 g/mol. The van der Waals surface area contributed by atoms with Crippen LogP contribution in [0.4, 0.5) is 0 Å². The Morgan fingerprint density at radius 3 is 2.35 bits per heavy atom. The summed E-state index contributed by atoms with van der Waals surface area (Å²) in [6, 6.07) is 1.00. The standard InChI is InChI=1S/C16H33N3O/c1-6-13-7-9-14(10-8-13)19(5)12(2)11-16(3,18-4)15(17)20/h12-14,18H,6-11H2,1-5H3,(H2,17,20). The van der Waals surface area contributed by atoms with E-state index < -0.39 is 5.54 Å². The topological polar surface area (TPSA) is 58.4 Å². The molecule has 4 heteroatoms. The van der Waals surface area contributed by atoms with E-state index in [1.54, 1.807) is 0 Å². The van der Waals surface area contributed by atoms with Crippen LogP contribution in [0, 0.1) is 5.92 Å². The highest BCUT2D eigenvalue weighted by molar-refractivity contribution is 5.84. The van der Waals surface area contributed by atoms with E-state index >= 15 is 0 Å². The van der Waals surface area contributed by atoms with Gasteiger partial charge in [-0.15, -0.1) is 0 Å². The summed E-state index contributed by atoms with van der Waals surface area (Å²) in [5.74, 6) is 0.651. The number of rotatable bonds is 7. The first-order valence-corrected chi connectivity index (χ1v) is 8.04. The van der Waals surface area contributed by atoms with Gasteiger partial charge in [0.05, 0.1) is 5.54 Å². The van der Waals surface area contributed by atoms with Crippen molar-refractivity contribution in [3.63, 3.8) is 0 Å². The lowest BCUT2D eigenvalue weighted by molar-refractivity contribution is -0.124. The Kier molecular flexibility index (Phi) is 6.46. The summed E-state index contributed by atoms with van der Waals surface area (Å²) in [6.45, 7) is 6.39. The van der Waals surface area contributed by atoms with Gasteiger partial charge in [-0.2, -0.15) is 0 Å². The molecule has 1 aliphatic carbocycles. The number of nitrogens with two attached hydrogens (primary N) is 1. The van der Waals surface area contributed by atoms with Gasteiger partial charge in [0.25, 0.3) is 0 Å². The molecule has 0 spiro atoms. The molecule has 0 aromatic carbocycles. The second kappa shape index (κ2) is 7.41. The number of likely N-dealkylation sites (N-methyl/N-ethyl adjacent to an activating group) is 1. The van der Waals surface area contributed by atoms with Crippen LogP contribution in [-0.4, -0.2) is 42.5 Å². The van der Waals surface area contributed by atoms with E-state index in [2.05, 4.69) is 31.1 Å². The number of carbonyl (C=O) groups excluding carboxylic acids is 1. The third-order valence-corrected chi connectivity index (χ3v) is 5.46. The van der Waals surface area contributed by atoms with Crippen LogP contribution in [0.25, 0.3) is 0 Å². The Hall–Kier alpha value is -0.610. The number of nitrogens with zero attached hydrogens (tertiary/aromatic N) is 1. The minimum atomic E-state index is -0.617. The summed E-state index contributed by atoms with van der Waals surface area (Å²) >= 11 is 0.